The number of hydrogen-bond acceptors (Lipinski definition) is 2. The highest BCUT2D eigenvalue weighted by Crippen LogP contribution is 1.31. The van der Waals surface area contributed by atoms with Gasteiger partial charge in [-0.3, -0.25) is 0 Å². The van der Waals surface area contributed by atoms with Crippen LogP contribution in [0.1, 0.15) is 0 Å². The van der Waals surface area contributed by atoms with Crippen molar-refractivity contribution in [1.29, 1.82) is 0 Å². The zero-order valence-corrected chi connectivity index (χ0v) is 3.96. The maximum Gasteiger partial charge on any atom is 0.116 e. The first kappa shape index (κ1) is 8.84. The third kappa shape index (κ3) is 308. The van der Waals surface area contributed by atoms with Gasteiger partial charge in [-0.05, 0) is 12.8 Å². The van der Waals surface area contributed by atoms with Crippen LogP contribution in [0.5, 0.6) is 0 Å². The van der Waals surface area contributed by atoms with Gasteiger partial charge in [0.15, 0.2) is 0 Å². The van der Waals surface area contributed by atoms with Crippen molar-refractivity contribution in [2.24, 2.45) is 0 Å². The van der Waals surface area contributed by atoms with Crippen LogP contribution in [0.25, 0.3) is 0 Å². The molecule has 0 heterocycles. The summed E-state index contributed by atoms with van der Waals surface area (Å²) in [6, 6.07) is 0. The second-order valence-corrected chi connectivity index (χ2v) is 0.144. The second kappa shape index (κ2) is 46.5. The van der Waals surface area contributed by atoms with Gasteiger partial charge in [-0.1, -0.05) is 0 Å². The van der Waals surface area contributed by atoms with E-state index >= 15 is 0 Å². The minimum atomic E-state index is 1.25. The molecule has 0 aromatic carbocycles. The van der Waals surface area contributed by atoms with Gasteiger partial charge >= 0.3 is 0 Å². The lowest BCUT2D eigenvalue weighted by Crippen LogP contribution is -1.15. The minimum Gasteiger partial charge on any atom is -0.234 e. The Kier molecular flexibility index (Phi) is 82.3. The monoisotopic (exact) mass is 90.0 g/mol. The Morgan fingerprint density at radius 1 is 1.80 bits per heavy atom. The smallest absolute Gasteiger partial charge is 0.116 e. The lowest BCUT2D eigenvalue weighted by Gasteiger charge is -1.11. The van der Waals surface area contributed by atoms with E-state index in [1.165, 1.54) is 5.94 Å². The zero-order chi connectivity index (χ0) is 4.71. The molecule has 0 spiro atoms. The van der Waals surface area contributed by atoms with Gasteiger partial charge in [-0.25, -0.2) is 4.79 Å². The van der Waals surface area contributed by atoms with Crippen LogP contribution in [0.15, 0.2) is 6.58 Å². The highest BCUT2D eigenvalue weighted by atomic mass is 32.1. The first-order valence-electron chi connectivity index (χ1n) is 1.00. The number of hydrogen-bond donors (Lipinski definition) is 1. The summed E-state index contributed by atoms with van der Waals surface area (Å²) < 4.78 is 0. The maximum absolute atomic E-state index is 8.57. The van der Waals surface area contributed by atoms with Gasteiger partial charge in [0.25, 0.3) is 0 Å². The Bertz CT molecular complexity index is 27.9. The number of rotatable bonds is 0. The van der Waals surface area contributed by atoms with E-state index in [4.69, 9.17) is 4.79 Å². The van der Waals surface area contributed by atoms with Crippen molar-refractivity contribution in [2.45, 2.75) is 0 Å². The van der Waals surface area contributed by atoms with Crippen molar-refractivity contribution < 1.29 is 4.79 Å². The molecule has 30 valence electrons. The Labute approximate surface area is 37.1 Å². The Morgan fingerprint density at radius 3 is 1.80 bits per heavy atom. The Morgan fingerprint density at radius 2 is 1.80 bits per heavy atom. The van der Waals surface area contributed by atoms with Crippen LogP contribution in [0.4, 0.5) is 0 Å². The third-order valence-corrected chi connectivity index (χ3v) is 0. The summed E-state index contributed by atoms with van der Waals surface area (Å²) in [4.78, 5) is 8.57. The predicted octanol–water partition coefficient (Wildman–Crippen LogP) is 0.550. The van der Waals surface area contributed by atoms with E-state index < -0.39 is 0 Å². The lowest BCUT2D eigenvalue weighted by atomic mass is 11.2. The van der Waals surface area contributed by atoms with E-state index in [1.807, 2.05) is 0 Å². The van der Waals surface area contributed by atoms with Gasteiger partial charge in [0.2, 0.25) is 0 Å². The molecule has 0 aliphatic heterocycles. The van der Waals surface area contributed by atoms with Crippen LogP contribution >= 0.6 is 12.6 Å². The predicted molar refractivity (Wildman–Crippen MR) is 26.2 cm³/mol. The molecule has 1 nitrogen and oxygen atoms in total. The summed E-state index contributed by atoms with van der Waals surface area (Å²) in [6.07, 6.45) is 1.69. The molecule has 0 aliphatic rings. The minimum absolute atomic E-state index is 1.25. The number of carbonyl (C=O) groups excluding carboxylic acids is 1. The zero-order valence-electron chi connectivity index (χ0n) is 3.06. The quantitative estimate of drug-likeness (QED) is 0.339. The largest absolute Gasteiger partial charge is 0.234 e. The molecular formula is C3H6OS. The lowest BCUT2D eigenvalue weighted by molar-refractivity contribution is 0.569. The van der Waals surface area contributed by atoms with Crippen molar-refractivity contribution in [3.8, 4) is 0 Å². The fourth-order valence-corrected chi connectivity index (χ4v) is 0. The molecule has 0 bridgehead atoms. The van der Waals surface area contributed by atoms with Crippen LogP contribution in [-0.4, -0.2) is 12.2 Å². The molecule has 0 fully saturated rings. The van der Waals surface area contributed by atoms with Crippen molar-refractivity contribution in [1.82, 2.24) is 0 Å². The maximum atomic E-state index is 8.57. The van der Waals surface area contributed by atoms with Crippen molar-refractivity contribution >= 4 is 18.6 Å². The third-order valence-electron chi connectivity index (χ3n) is 0. The van der Waals surface area contributed by atoms with Gasteiger partial charge in [-0.2, -0.15) is 12.6 Å². The standard InChI is InChI=1S/C2H2O.CH4S/c1-2-3;1-2/h1H2;2H,1H3. The van der Waals surface area contributed by atoms with E-state index in [-0.39, 0.29) is 0 Å². The van der Waals surface area contributed by atoms with Crippen LogP contribution in [0.2, 0.25) is 0 Å². The van der Waals surface area contributed by atoms with Gasteiger partial charge in [0, 0.05) is 0 Å². The van der Waals surface area contributed by atoms with Gasteiger partial charge in [-0.15, -0.1) is 0 Å². The molecule has 0 amide bonds. The van der Waals surface area contributed by atoms with Crippen LogP contribution in [0, 0.1) is 0 Å². The molecule has 0 aromatic rings. The highest BCUT2D eigenvalue weighted by molar-refractivity contribution is 7.79. The topological polar surface area (TPSA) is 17.1 Å². The average molecular weight is 90.1 g/mol. The summed E-state index contributed by atoms with van der Waals surface area (Å²) in [5, 5.41) is 0. The average Bonchev–Trinajstić information content (AvgIpc) is 1.46. The molecular weight excluding hydrogens is 84.1 g/mol. The van der Waals surface area contributed by atoms with E-state index in [2.05, 4.69) is 19.2 Å². The van der Waals surface area contributed by atoms with E-state index in [0.29, 0.717) is 0 Å². The van der Waals surface area contributed by atoms with Gasteiger partial charge in [0.1, 0.15) is 5.94 Å². The summed E-state index contributed by atoms with van der Waals surface area (Å²) in [5.74, 6) is 1.25. The summed E-state index contributed by atoms with van der Waals surface area (Å²) >= 11 is 3.53. The van der Waals surface area contributed by atoms with Crippen molar-refractivity contribution in [3.05, 3.63) is 6.58 Å². The van der Waals surface area contributed by atoms with E-state index in [1.54, 1.807) is 6.26 Å². The highest BCUT2D eigenvalue weighted by Gasteiger charge is 1.01. The molecule has 0 N–H and O–H groups in total. The molecule has 0 rings (SSSR count). The van der Waals surface area contributed by atoms with Crippen molar-refractivity contribution in [3.63, 3.8) is 0 Å². The first-order chi connectivity index (χ1) is 2.41. The molecule has 0 aliphatic carbocycles. The molecule has 0 radical (unpaired) electrons. The van der Waals surface area contributed by atoms with Crippen LogP contribution < -0.4 is 0 Å². The van der Waals surface area contributed by atoms with Crippen LogP contribution in [-0.2, 0) is 4.79 Å². The molecule has 2 heteroatoms. The van der Waals surface area contributed by atoms with E-state index in [9.17, 15) is 0 Å². The Hall–Kier alpha value is -0.200. The molecule has 5 heavy (non-hydrogen) atoms. The van der Waals surface area contributed by atoms with Gasteiger partial charge < -0.3 is 0 Å². The molecule has 0 saturated heterocycles. The van der Waals surface area contributed by atoms with Gasteiger partial charge in [0.05, 0.1) is 0 Å². The summed E-state index contributed by atoms with van der Waals surface area (Å²) in [7, 11) is 0. The van der Waals surface area contributed by atoms with E-state index in [0.717, 1.165) is 0 Å². The number of thiol groups is 1. The molecule has 0 aromatic heterocycles. The summed E-state index contributed by atoms with van der Waals surface area (Å²) in [5.41, 5.74) is 0. The van der Waals surface area contributed by atoms with Crippen molar-refractivity contribution in [2.75, 3.05) is 6.26 Å². The summed E-state index contributed by atoms with van der Waals surface area (Å²) in [6.45, 7) is 2.68. The van der Waals surface area contributed by atoms with Crippen LogP contribution in [0.3, 0.4) is 0 Å². The fraction of sp³-hybridized carbons (Fsp3) is 0.333. The molecule has 0 unspecified atom stereocenters. The normalized spacial score (nSPS) is 2.80. The molecule has 0 atom stereocenters. The SMILES string of the molecule is C=C=O.CS. The Balaban J connectivity index is 0. The molecule has 0 saturated carbocycles. The second-order valence-electron chi connectivity index (χ2n) is 0.144. The first-order valence-corrected chi connectivity index (χ1v) is 1.90. The fourth-order valence-electron chi connectivity index (χ4n) is 0.